The molecule has 0 atom stereocenters. The minimum absolute atomic E-state index is 0. The Balaban J connectivity index is 0.00000192. The van der Waals surface area contributed by atoms with Gasteiger partial charge < -0.3 is 5.32 Å². The number of anilines is 1. The van der Waals surface area contributed by atoms with E-state index in [0.717, 1.165) is 16.1 Å². The molecule has 124 valence electrons. The Morgan fingerprint density at radius 2 is 1.91 bits per heavy atom. The Bertz CT molecular complexity index is 781. The lowest BCUT2D eigenvalue weighted by Crippen LogP contribution is -2.34. The van der Waals surface area contributed by atoms with Crippen LogP contribution in [0.5, 0.6) is 0 Å². The third kappa shape index (κ3) is 3.66. The zero-order valence-electron chi connectivity index (χ0n) is 12.7. The molecule has 0 unspecified atom stereocenters. The molecule has 0 amide bonds. The van der Waals surface area contributed by atoms with Crippen LogP contribution in [0.4, 0.5) is 5.69 Å². The van der Waals surface area contributed by atoms with Crippen LogP contribution in [-0.2, 0) is 16.6 Å². The summed E-state index contributed by atoms with van der Waals surface area (Å²) in [4.78, 5) is 1.29. The zero-order chi connectivity index (χ0) is 15.6. The Morgan fingerprint density at radius 1 is 1.13 bits per heavy atom. The Hall–Kier alpha value is -1.21. The third-order valence-corrected chi connectivity index (χ3v) is 6.23. The van der Waals surface area contributed by atoms with Gasteiger partial charge in [0.05, 0.1) is 10.6 Å². The van der Waals surface area contributed by atoms with E-state index in [1.165, 1.54) is 4.31 Å². The number of benzene rings is 2. The van der Waals surface area contributed by atoms with E-state index < -0.39 is 10.0 Å². The van der Waals surface area contributed by atoms with Gasteiger partial charge in [-0.15, -0.1) is 24.2 Å². The molecule has 2 aromatic carbocycles. The lowest BCUT2D eigenvalue weighted by Gasteiger charge is -2.24. The first-order valence-corrected chi connectivity index (χ1v) is 9.75. The van der Waals surface area contributed by atoms with Crippen molar-refractivity contribution < 1.29 is 8.42 Å². The Labute approximate surface area is 147 Å². The normalized spacial score (nSPS) is 14.6. The van der Waals surface area contributed by atoms with Crippen molar-refractivity contribution >= 4 is 39.9 Å². The summed E-state index contributed by atoms with van der Waals surface area (Å²) in [6.45, 7) is 1.76. The topological polar surface area (TPSA) is 49.4 Å². The van der Waals surface area contributed by atoms with Crippen molar-refractivity contribution in [2.24, 2.45) is 0 Å². The molecule has 1 aliphatic heterocycles. The lowest BCUT2D eigenvalue weighted by atomic mass is 10.2. The van der Waals surface area contributed by atoms with Gasteiger partial charge in [0.15, 0.2) is 0 Å². The predicted octanol–water partition coefficient (Wildman–Crippen LogP) is 3.13. The van der Waals surface area contributed by atoms with Gasteiger partial charge in [0.25, 0.3) is 10.0 Å². The van der Waals surface area contributed by atoms with Crippen LogP contribution >= 0.6 is 24.2 Å². The van der Waals surface area contributed by atoms with Gasteiger partial charge >= 0.3 is 0 Å². The zero-order valence-corrected chi connectivity index (χ0v) is 15.2. The van der Waals surface area contributed by atoms with Crippen molar-refractivity contribution in [3.05, 3.63) is 54.1 Å². The van der Waals surface area contributed by atoms with Crippen molar-refractivity contribution in [3.8, 4) is 0 Å². The average Bonchev–Trinajstić information content (AvgIpc) is 2.77. The summed E-state index contributed by atoms with van der Waals surface area (Å²) in [6, 6.07) is 14.8. The van der Waals surface area contributed by atoms with Crippen LogP contribution in [0.1, 0.15) is 5.56 Å². The first-order valence-electron chi connectivity index (χ1n) is 7.08. The summed E-state index contributed by atoms with van der Waals surface area (Å²) >= 11 is 1.54. The number of fused-ring (bicyclic) bond motifs is 1. The maximum Gasteiger partial charge on any atom is 0.264 e. The number of rotatable bonds is 3. The lowest BCUT2D eigenvalue weighted by molar-refractivity contribution is 0.589. The van der Waals surface area contributed by atoms with Gasteiger partial charge in [0, 0.05) is 24.5 Å². The highest BCUT2D eigenvalue weighted by Gasteiger charge is 2.27. The van der Waals surface area contributed by atoms with Crippen molar-refractivity contribution in [2.45, 2.75) is 16.3 Å². The summed E-state index contributed by atoms with van der Waals surface area (Å²) in [5.74, 6) is 0. The van der Waals surface area contributed by atoms with Gasteiger partial charge in [-0.3, -0.25) is 4.31 Å². The van der Waals surface area contributed by atoms with Crippen molar-refractivity contribution in [1.29, 1.82) is 0 Å². The number of halogens is 1. The molecule has 23 heavy (non-hydrogen) atoms. The molecule has 0 fully saturated rings. The van der Waals surface area contributed by atoms with Crippen molar-refractivity contribution in [2.75, 3.05) is 23.7 Å². The first kappa shape index (κ1) is 18.1. The van der Waals surface area contributed by atoms with Crippen LogP contribution in [0.25, 0.3) is 0 Å². The van der Waals surface area contributed by atoms with Gasteiger partial charge in [-0.05, 0) is 36.1 Å². The Morgan fingerprint density at radius 3 is 2.70 bits per heavy atom. The van der Waals surface area contributed by atoms with Crippen LogP contribution in [0.3, 0.4) is 0 Å². The number of hydrogen-bond acceptors (Lipinski definition) is 4. The number of nitrogens with one attached hydrogen (secondary N) is 1. The molecule has 7 heteroatoms. The minimum Gasteiger partial charge on any atom is -0.311 e. The molecule has 0 saturated heterocycles. The van der Waals surface area contributed by atoms with Crippen LogP contribution in [0.2, 0.25) is 0 Å². The molecule has 4 nitrogen and oxygen atoms in total. The van der Waals surface area contributed by atoms with Gasteiger partial charge in [-0.2, -0.15) is 0 Å². The Kier molecular flexibility index (Phi) is 5.97. The van der Waals surface area contributed by atoms with Crippen molar-refractivity contribution in [1.82, 2.24) is 5.32 Å². The summed E-state index contributed by atoms with van der Waals surface area (Å²) < 4.78 is 27.6. The molecule has 0 spiro atoms. The van der Waals surface area contributed by atoms with Gasteiger partial charge in [0.2, 0.25) is 0 Å². The molecular weight excluding hydrogens is 352 g/mol. The highest BCUT2D eigenvalue weighted by Crippen LogP contribution is 2.29. The number of nitrogens with zero attached hydrogens (tertiary/aromatic N) is 1. The third-order valence-electron chi connectivity index (χ3n) is 3.70. The number of hydrogen-bond donors (Lipinski definition) is 1. The fourth-order valence-corrected chi connectivity index (χ4v) is 4.65. The smallest absolute Gasteiger partial charge is 0.264 e. The molecule has 1 heterocycles. The largest absolute Gasteiger partial charge is 0.311 e. The molecule has 0 bridgehead atoms. The second kappa shape index (κ2) is 7.57. The minimum atomic E-state index is -3.55. The van der Waals surface area contributed by atoms with E-state index in [2.05, 4.69) is 5.32 Å². The molecule has 0 aromatic heterocycles. The van der Waals surface area contributed by atoms with E-state index in [1.54, 1.807) is 30.0 Å². The maximum absolute atomic E-state index is 13.1. The van der Waals surface area contributed by atoms with Crippen LogP contribution in [0, 0.1) is 0 Å². The fourth-order valence-electron chi connectivity index (χ4n) is 2.57. The van der Waals surface area contributed by atoms with Crippen LogP contribution < -0.4 is 9.62 Å². The van der Waals surface area contributed by atoms with E-state index in [9.17, 15) is 8.42 Å². The van der Waals surface area contributed by atoms with Crippen LogP contribution in [-0.4, -0.2) is 27.8 Å². The van der Waals surface area contributed by atoms with Crippen LogP contribution in [0.15, 0.2) is 58.3 Å². The molecular formula is C16H19ClN2O2S2. The molecule has 3 rings (SSSR count). The molecule has 2 aromatic rings. The highest BCUT2D eigenvalue weighted by molar-refractivity contribution is 7.98. The first-order chi connectivity index (χ1) is 10.6. The van der Waals surface area contributed by atoms with E-state index >= 15 is 0 Å². The van der Waals surface area contributed by atoms with Gasteiger partial charge in [-0.25, -0.2) is 8.42 Å². The monoisotopic (exact) mass is 370 g/mol. The maximum atomic E-state index is 13.1. The summed E-state index contributed by atoms with van der Waals surface area (Å²) in [6.07, 6.45) is 1.94. The molecule has 1 N–H and O–H groups in total. The van der Waals surface area contributed by atoms with E-state index in [1.807, 2.05) is 36.6 Å². The summed E-state index contributed by atoms with van der Waals surface area (Å²) in [5.41, 5.74) is 1.77. The average molecular weight is 371 g/mol. The highest BCUT2D eigenvalue weighted by atomic mass is 35.5. The van der Waals surface area contributed by atoms with E-state index in [0.29, 0.717) is 24.5 Å². The van der Waals surface area contributed by atoms with Crippen molar-refractivity contribution in [3.63, 3.8) is 0 Å². The standard InChI is InChI=1S/C16H18N2O2S2.ClH/c1-21-14-6-4-7-15(11-14)22(19,20)18-10-9-17-12-13-5-2-3-8-16(13)18;/h2-8,11,17H,9-10,12H2,1H3;1H. The fraction of sp³-hybridized carbons (Fsp3) is 0.250. The second-order valence-electron chi connectivity index (χ2n) is 5.06. The second-order valence-corrected chi connectivity index (χ2v) is 7.80. The molecule has 0 radical (unpaired) electrons. The predicted molar refractivity (Wildman–Crippen MR) is 98.2 cm³/mol. The van der Waals surface area contributed by atoms with Gasteiger partial charge in [0.1, 0.15) is 0 Å². The number of sulfonamides is 1. The number of para-hydroxylation sites is 1. The summed E-state index contributed by atoms with van der Waals surface area (Å²) in [5, 5.41) is 3.27. The molecule has 1 aliphatic rings. The van der Waals surface area contributed by atoms with E-state index in [-0.39, 0.29) is 12.4 Å². The van der Waals surface area contributed by atoms with Gasteiger partial charge in [-0.1, -0.05) is 24.3 Å². The number of thioether (sulfide) groups is 1. The summed E-state index contributed by atoms with van der Waals surface area (Å²) in [7, 11) is -3.55. The molecule has 0 aliphatic carbocycles. The van der Waals surface area contributed by atoms with E-state index in [4.69, 9.17) is 0 Å². The molecule has 0 saturated carbocycles. The quantitative estimate of drug-likeness (QED) is 0.843. The SMILES string of the molecule is CSc1cccc(S(=O)(=O)N2CCNCc3ccccc32)c1.Cl.